The Morgan fingerprint density at radius 1 is 1.55 bits per heavy atom. The van der Waals surface area contributed by atoms with Crippen LogP contribution in [0.5, 0.6) is 0 Å². The van der Waals surface area contributed by atoms with E-state index in [4.69, 9.17) is 11.6 Å². The highest BCUT2D eigenvalue weighted by molar-refractivity contribution is 6.31. The third kappa shape index (κ3) is 3.14. The fourth-order valence-electron chi connectivity index (χ4n) is 3.29. The van der Waals surface area contributed by atoms with Gasteiger partial charge in [-0.15, -0.1) is 0 Å². The van der Waals surface area contributed by atoms with Crippen molar-refractivity contribution >= 4 is 17.6 Å². The topological polar surface area (TPSA) is 37.3 Å². The molecule has 0 heterocycles. The third-order valence-electron chi connectivity index (χ3n) is 4.52. The van der Waals surface area contributed by atoms with Gasteiger partial charge in [0.05, 0.1) is 5.41 Å². The average molecular weight is 299 g/mol. The molecule has 0 bridgehead atoms. The average Bonchev–Trinajstić information content (AvgIpc) is 2.42. The van der Waals surface area contributed by atoms with Gasteiger partial charge in [0.15, 0.2) is 0 Å². The molecule has 1 aliphatic carbocycles. The van der Waals surface area contributed by atoms with Gasteiger partial charge in [0.1, 0.15) is 5.82 Å². The number of benzene rings is 1. The van der Waals surface area contributed by atoms with E-state index < -0.39 is 17.2 Å². The first-order valence-corrected chi connectivity index (χ1v) is 7.52. The predicted octanol–water partition coefficient (Wildman–Crippen LogP) is 4.69. The molecule has 2 nitrogen and oxygen atoms in total. The normalized spacial score (nSPS) is 26.4. The van der Waals surface area contributed by atoms with Crippen molar-refractivity contribution in [3.8, 4) is 0 Å². The maximum absolute atomic E-state index is 13.1. The van der Waals surface area contributed by atoms with Crippen LogP contribution < -0.4 is 0 Å². The van der Waals surface area contributed by atoms with E-state index in [2.05, 4.69) is 6.92 Å². The molecule has 2 unspecified atom stereocenters. The molecule has 4 heteroatoms. The lowest BCUT2D eigenvalue weighted by Gasteiger charge is -2.37. The van der Waals surface area contributed by atoms with Crippen LogP contribution in [0.15, 0.2) is 18.2 Å². The summed E-state index contributed by atoms with van der Waals surface area (Å²) in [6, 6.07) is 4.21. The summed E-state index contributed by atoms with van der Waals surface area (Å²) in [7, 11) is 0. The van der Waals surface area contributed by atoms with Gasteiger partial charge in [0.25, 0.3) is 0 Å². The van der Waals surface area contributed by atoms with Gasteiger partial charge in [-0.1, -0.05) is 43.9 Å². The summed E-state index contributed by atoms with van der Waals surface area (Å²) in [4.78, 5) is 11.8. The minimum Gasteiger partial charge on any atom is -0.481 e. The first-order chi connectivity index (χ1) is 9.47. The van der Waals surface area contributed by atoms with Crippen LogP contribution in [-0.4, -0.2) is 11.1 Å². The second kappa shape index (κ2) is 6.13. The van der Waals surface area contributed by atoms with Gasteiger partial charge >= 0.3 is 5.97 Å². The lowest BCUT2D eigenvalue weighted by Crippen LogP contribution is -2.38. The van der Waals surface area contributed by atoms with Crippen molar-refractivity contribution in [1.82, 2.24) is 0 Å². The Hall–Kier alpha value is -1.09. The Bertz CT molecular complexity index is 503. The number of rotatable bonds is 4. The van der Waals surface area contributed by atoms with E-state index in [9.17, 15) is 14.3 Å². The summed E-state index contributed by atoms with van der Waals surface area (Å²) in [5.74, 6) is -0.687. The molecule has 0 aromatic heterocycles. The highest BCUT2D eigenvalue weighted by Gasteiger charge is 2.42. The number of aliphatic carboxylic acids is 1. The van der Waals surface area contributed by atoms with Crippen molar-refractivity contribution in [2.75, 3.05) is 0 Å². The van der Waals surface area contributed by atoms with E-state index in [1.54, 1.807) is 6.07 Å². The van der Waals surface area contributed by atoms with E-state index in [0.29, 0.717) is 30.2 Å². The summed E-state index contributed by atoms with van der Waals surface area (Å²) in [5.41, 5.74) is -0.0207. The largest absolute Gasteiger partial charge is 0.481 e. The van der Waals surface area contributed by atoms with Crippen LogP contribution in [0.25, 0.3) is 0 Å². The molecule has 0 saturated heterocycles. The van der Waals surface area contributed by atoms with Crippen molar-refractivity contribution < 1.29 is 14.3 Å². The van der Waals surface area contributed by atoms with Crippen LogP contribution in [0.4, 0.5) is 4.39 Å². The van der Waals surface area contributed by atoms with Crippen molar-refractivity contribution in [3.05, 3.63) is 34.6 Å². The molecule has 1 aromatic carbocycles. The molecule has 1 saturated carbocycles. The Balaban J connectivity index is 2.27. The minimum atomic E-state index is -0.754. The zero-order chi connectivity index (χ0) is 14.8. The lowest BCUT2D eigenvalue weighted by atomic mass is 9.66. The first kappa shape index (κ1) is 15.3. The van der Waals surface area contributed by atoms with Gasteiger partial charge in [-0.05, 0) is 42.9 Å². The van der Waals surface area contributed by atoms with E-state index in [-0.39, 0.29) is 0 Å². The number of carboxylic acid groups (broad SMARTS) is 1. The molecule has 1 aromatic rings. The third-order valence-corrected chi connectivity index (χ3v) is 4.87. The van der Waals surface area contributed by atoms with Crippen molar-refractivity contribution in [1.29, 1.82) is 0 Å². The molecule has 0 spiro atoms. The quantitative estimate of drug-likeness (QED) is 0.875. The van der Waals surface area contributed by atoms with Gasteiger partial charge in [-0.25, -0.2) is 4.39 Å². The summed E-state index contributed by atoms with van der Waals surface area (Å²) in [6.07, 6.45) is 4.79. The first-order valence-electron chi connectivity index (χ1n) is 7.14. The van der Waals surface area contributed by atoms with Gasteiger partial charge in [-0.3, -0.25) is 4.79 Å². The van der Waals surface area contributed by atoms with Crippen LogP contribution in [0, 0.1) is 17.2 Å². The van der Waals surface area contributed by atoms with Crippen LogP contribution in [0.3, 0.4) is 0 Å². The molecule has 0 amide bonds. The SMILES string of the molecule is CCC1CCCC(Cc2ccc(F)cc2Cl)(C(=O)O)C1. The summed E-state index contributed by atoms with van der Waals surface area (Å²) in [5, 5.41) is 10.0. The summed E-state index contributed by atoms with van der Waals surface area (Å²) >= 11 is 6.05. The number of halogens is 2. The second-order valence-electron chi connectivity index (χ2n) is 5.87. The predicted molar refractivity (Wildman–Crippen MR) is 77.4 cm³/mol. The maximum Gasteiger partial charge on any atom is 0.309 e. The molecule has 20 heavy (non-hydrogen) atoms. The second-order valence-corrected chi connectivity index (χ2v) is 6.28. The van der Waals surface area contributed by atoms with E-state index in [1.165, 1.54) is 12.1 Å². The van der Waals surface area contributed by atoms with Crippen molar-refractivity contribution in [3.63, 3.8) is 0 Å². The smallest absolute Gasteiger partial charge is 0.309 e. The van der Waals surface area contributed by atoms with Crippen molar-refractivity contribution in [2.45, 2.75) is 45.4 Å². The highest BCUT2D eigenvalue weighted by atomic mass is 35.5. The van der Waals surface area contributed by atoms with Gasteiger partial charge in [0.2, 0.25) is 0 Å². The van der Waals surface area contributed by atoms with Gasteiger partial charge in [-0.2, -0.15) is 0 Å². The number of hydrogen-bond donors (Lipinski definition) is 1. The standard InChI is InChI=1S/C16H20ClFO2/c1-2-11-4-3-7-16(9-11,15(19)20)10-12-5-6-13(18)8-14(12)17/h5-6,8,11H,2-4,7,9-10H2,1H3,(H,19,20). The molecular formula is C16H20ClFO2. The number of carbonyl (C=O) groups is 1. The zero-order valence-electron chi connectivity index (χ0n) is 11.7. The Morgan fingerprint density at radius 2 is 2.30 bits per heavy atom. The molecule has 1 fully saturated rings. The summed E-state index contributed by atoms with van der Waals surface area (Å²) < 4.78 is 13.1. The Labute approximate surface area is 123 Å². The molecule has 1 aliphatic rings. The van der Waals surface area contributed by atoms with E-state index in [1.807, 2.05) is 0 Å². The number of carboxylic acids is 1. The lowest BCUT2D eigenvalue weighted by molar-refractivity contribution is -0.152. The maximum atomic E-state index is 13.1. The molecule has 2 atom stereocenters. The van der Waals surface area contributed by atoms with Crippen LogP contribution in [0.2, 0.25) is 5.02 Å². The molecule has 2 rings (SSSR count). The minimum absolute atomic E-state index is 0.323. The van der Waals surface area contributed by atoms with Crippen LogP contribution >= 0.6 is 11.6 Å². The molecular weight excluding hydrogens is 279 g/mol. The van der Waals surface area contributed by atoms with Crippen molar-refractivity contribution in [2.24, 2.45) is 11.3 Å². The zero-order valence-corrected chi connectivity index (χ0v) is 12.4. The fourth-order valence-corrected chi connectivity index (χ4v) is 3.53. The Kier molecular flexibility index (Phi) is 4.69. The van der Waals surface area contributed by atoms with E-state index >= 15 is 0 Å². The molecule has 1 N–H and O–H groups in total. The summed E-state index contributed by atoms with van der Waals surface area (Å²) in [6.45, 7) is 2.10. The molecule has 110 valence electrons. The monoisotopic (exact) mass is 298 g/mol. The van der Waals surface area contributed by atoms with Crippen LogP contribution in [-0.2, 0) is 11.2 Å². The fraction of sp³-hybridized carbons (Fsp3) is 0.562. The number of hydrogen-bond acceptors (Lipinski definition) is 1. The molecule has 0 radical (unpaired) electrons. The van der Waals surface area contributed by atoms with E-state index in [0.717, 1.165) is 24.8 Å². The van der Waals surface area contributed by atoms with Gasteiger partial charge < -0.3 is 5.11 Å². The highest BCUT2D eigenvalue weighted by Crippen LogP contribution is 2.44. The Morgan fingerprint density at radius 3 is 2.90 bits per heavy atom. The van der Waals surface area contributed by atoms with Crippen LogP contribution in [0.1, 0.15) is 44.6 Å². The van der Waals surface area contributed by atoms with Gasteiger partial charge in [0, 0.05) is 5.02 Å². The molecule has 0 aliphatic heterocycles.